The molecule has 76 valence electrons. The van der Waals surface area contributed by atoms with Crippen molar-refractivity contribution >= 4 is 5.91 Å². The first-order chi connectivity index (χ1) is 6.81. The van der Waals surface area contributed by atoms with Gasteiger partial charge in [-0.3, -0.25) is 4.79 Å². The summed E-state index contributed by atoms with van der Waals surface area (Å²) in [4.78, 5) is 11.3. The van der Waals surface area contributed by atoms with E-state index in [-0.39, 0.29) is 5.91 Å². The van der Waals surface area contributed by atoms with E-state index in [1.165, 1.54) is 0 Å². The fourth-order valence-corrected chi connectivity index (χ4v) is 1.27. The summed E-state index contributed by atoms with van der Waals surface area (Å²) in [7, 11) is 0. The van der Waals surface area contributed by atoms with Crippen LogP contribution in [0.25, 0.3) is 0 Å². The molecule has 1 aliphatic heterocycles. The second-order valence-corrected chi connectivity index (χ2v) is 3.26. The van der Waals surface area contributed by atoms with Gasteiger partial charge in [0, 0.05) is 19.6 Å². The Morgan fingerprint density at radius 2 is 2.57 bits per heavy atom. The summed E-state index contributed by atoms with van der Waals surface area (Å²) in [5.41, 5.74) is 0.388. The van der Waals surface area contributed by atoms with Crippen LogP contribution in [0.3, 0.4) is 0 Å². The van der Waals surface area contributed by atoms with Gasteiger partial charge in [0.25, 0.3) is 5.91 Å². The van der Waals surface area contributed by atoms with Gasteiger partial charge in [-0.25, -0.2) is 4.68 Å². The van der Waals surface area contributed by atoms with E-state index in [0.717, 1.165) is 13.1 Å². The van der Waals surface area contributed by atoms with Crippen molar-refractivity contribution in [1.29, 1.82) is 0 Å². The van der Waals surface area contributed by atoms with Crippen molar-refractivity contribution in [2.24, 2.45) is 0 Å². The Kier molecular flexibility index (Phi) is 2.45. The average Bonchev–Trinajstić information content (AvgIpc) is 2.50. The molecule has 0 saturated carbocycles. The van der Waals surface area contributed by atoms with Crippen LogP contribution in [0, 0.1) is 0 Å². The van der Waals surface area contributed by atoms with Crippen molar-refractivity contribution in [3.8, 4) is 0 Å². The third-order valence-corrected chi connectivity index (χ3v) is 2.21. The minimum absolute atomic E-state index is 0.161. The van der Waals surface area contributed by atoms with Crippen molar-refractivity contribution in [1.82, 2.24) is 25.6 Å². The molecule has 1 aliphatic rings. The van der Waals surface area contributed by atoms with Gasteiger partial charge in [-0.15, -0.1) is 5.10 Å². The summed E-state index contributed by atoms with van der Waals surface area (Å²) in [6.45, 7) is 4.28. The van der Waals surface area contributed by atoms with E-state index >= 15 is 0 Å². The van der Waals surface area contributed by atoms with Gasteiger partial charge in [-0.2, -0.15) is 0 Å². The highest BCUT2D eigenvalue weighted by molar-refractivity contribution is 5.91. The molecule has 1 fully saturated rings. The highest BCUT2D eigenvalue weighted by atomic mass is 16.1. The Labute approximate surface area is 81.7 Å². The van der Waals surface area contributed by atoms with Crippen molar-refractivity contribution in [2.75, 3.05) is 19.6 Å². The van der Waals surface area contributed by atoms with Crippen LogP contribution >= 0.6 is 0 Å². The Bertz CT molecular complexity index is 330. The third-order valence-electron chi connectivity index (χ3n) is 2.21. The standard InChI is InChI=1S/C8H13N5O/c1-2-10-8(14)7-5-13(12-11-7)6-3-9-4-6/h5-6,9H,2-4H2,1H3,(H,10,14). The van der Waals surface area contributed by atoms with Gasteiger partial charge in [0.2, 0.25) is 0 Å². The highest BCUT2D eigenvalue weighted by Gasteiger charge is 2.21. The zero-order chi connectivity index (χ0) is 9.97. The third kappa shape index (κ3) is 1.60. The molecule has 0 radical (unpaired) electrons. The average molecular weight is 195 g/mol. The van der Waals surface area contributed by atoms with Gasteiger partial charge in [-0.05, 0) is 6.92 Å². The molecule has 2 rings (SSSR count). The fourth-order valence-electron chi connectivity index (χ4n) is 1.27. The minimum Gasteiger partial charge on any atom is -0.351 e. The predicted octanol–water partition coefficient (Wildman–Crippen LogP) is -0.828. The molecule has 2 N–H and O–H groups in total. The maximum Gasteiger partial charge on any atom is 0.273 e. The lowest BCUT2D eigenvalue weighted by Crippen LogP contribution is -2.43. The van der Waals surface area contributed by atoms with Gasteiger partial charge < -0.3 is 10.6 Å². The van der Waals surface area contributed by atoms with Crippen molar-refractivity contribution in [3.05, 3.63) is 11.9 Å². The molecule has 0 spiro atoms. The van der Waals surface area contributed by atoms with Crippen LogP contribution in [0.4, 0.5) is 0 Å². The van der Waals surface area contributed by atoms with E-state index in [1.54, 1.807) is 10.9 Å². The number of nitrogens with zero attached hydrogens (tertiary/aromatic N) is 3. The lowest BCUT2D eigenvalue weighted by Gasteiger charge is -2.26. The summed E-state index contributed by atoms with van der Waals surface area (Å²) >= 11 is 0. The number of hydrogen-bond acceptors (Lipinski definition) is 4. The van der Waals surface area contributed by atoms with Crippen molar-refractivity contribution in [2.45, 2.75) is 13.0 Å². The first-order valence-electron chi connectivity index (χ1n) is 4.72. The van der Waals surface area contributed by atoms with Crippen LogP contribution in [-0.4, -0.2) is 40.5 Å². The second kappa shape index (κ2) is 3.75. The maximum atomic E-state index is 11.3. The van der Waals surface area contributed by atoms with E-state index in [1.807, 2.05) is 6.92 Å². The molecule has 6 nitrogen and oxygen atoms in total. The lowest BCUT2D eigenvalue weighted by molar-refractivity contribution is 0.0950. The second-order valence-electron chi connectivity index (χ2n) is 3.26. The Morgan fingerprint density at radius 3 is 3.14 bits per heavy atom. The van der Waals surface area contributed by atoms with Crippen LogP contribution in [0.15, 0.2) is 6.20 Å². The molecule has 1 amide bonds. The Morgan fingerprint density at radius 1 is 1.79 bits per heavy atom. The molecule has 0 unspecified atom stereocenters. The Hall–Kier alpha value is -1.43. The number of carbonyl (C=O) groups is 1. The zero-order valence-corrected chi connectivity index (χ0v) is 8.03. The molecule has 0 atom stereocenters. The first kappa shape index (κ1) is 9.14. The topological polar surface area (TPSA) is 71.8 Å². The van der Waals surface area contributed by atoms with Crippen LogP contribution in [-0.2, 0) is 0 Å². The van der Waals surface area contributed by atoms with Crippen molar-refractivity contribution < 1.29 is 4.79 Å². The Balaban J connectivity index is 2.05. The van der Waals surface area contributed by atoms with E-state index in [9.17, 15) is 4.79 Å². The molecule has 6 heteroatoms. The summed E-state index contributed by atoms with van der Waals surface area (Å²) in [5.74, 6) is -0.161. The van der Waals surface area contributed by atoms with Gasteiger partial charge in [0.15, 0.2) is 5.69 Å². The molecule has 1 saturated heterocycles. The van der Waals surface area contributed by atoms with Crippen LogP contribution in [0.1, 0.15) is 23.5 Å². The SMILES string of the molecule is CCNC(=O)c1cn(C2CNC2)nn1. The van der Waals surface area contributed by atoms with Crippen molar-refractivity contribution in [3.63, 3.8) is 0 Å². The van der Waals surface area contributed by atoms with Gasteiger partial charge >= 0.3 is 0 Å². The van der Waals surface area contributed by atoms with Gasteiger partial charge in [0.1, 0.15) is 0 Å². The van der Waals surface area contributed by atoms with Gasteiger partial charge in [0.05, 0.1) is 12.2 Å². The molecular weight excluding hydrogens is 182 g/mol. The number of rotatable bonds is 3. The number of carbonyl (C=O) groups excluding carboxylic acids is 1. The van der Waals surface area contributed by atoms with Crippen LogP contribution in [0.5, 0.6) is 0 Å². The predicted molar refractivity (Wildman–Crippen MR) is 49.9 cm³/mol. The molecule has 1 aromatic heterocycles. The lowest BCUT2D eigenvalue weighted by atomic mass is 10.2. The van der Waals surface area contributed by atoms with E-state index < -0.39 is 0 Å². The summed E-state index contributed by atoms with van der Waals surface area (Å²) in [6, 6.07) is 0.352. The molecule has 1 aromatic rings. The van der Waals surface area contributed by atoms with E-state index in [2.05, 4.69) is 20.9 Å². The minimum atomic E-state index is -0.161. The van der Waals surface area contributed by atoms with Crippen LogP contribution in [0.2, 0.25) is 0 Å². The highest BCUT2D eigenvalue weighted by Crippen LogP contribution is 2.09. The zero-order valence-electron chi connectivity index (χ0n) is 8.03. The molecule has 0 aromatic carbocycles. The van der Waals surface area contributed by atoms with Crippen LogP contribution < -0.4 is 10.6 Å². The molecule has 14 heavy (non-hydrogen) atoms. The molecule has 2 heterocycles. The maximum absolute atomic E-state index is 11.3. The normalized spacial score (nSPS) is 16.4. The summed E-state index contributed by atoms with van der Waals surface area (Å²) < 4.78 is 1.74. The monoisotopic (exact) mass is 195 g/mol. The summed E-state index contributed by atoms with van der Waals surface area (Å²) in [6.07, 6.45) is 1.69. The number of nitrogens with one attached hydrogen (secondary N) is 2. The first-order valence-corrected chi connectivity index (χ1v) is 4.72. The molecule has 0 aliphatic carbocycles. The fraction of sp³-hybridized carbons (Fsp3) is 0.625. The largest absolute Gasteiger partial charge is 0.351 e. The number of hydrogen-bond donors (Lipinski definition) is 2. The number of aromatic nitrogens is 3. The van der Waals surface area contributed by atoms with E-state index in [4.69, 9.17) is 0 Å². The molecule has 0 bridgehead atoms. The summed E-state index contributed by atoms with van der Waals surface area (Å²) in [5, 5.41) is 13.5. The van der Waals surface area contributed by atoms with Gasteiger partial charge in [-0.1, -0.05) is 5.21 Å². The van der Waals surface area contributed by atoms with E-state index in [0.29, 0.717) is 18.3 Å². The smallest absolute Gasteiger partial charge is 0.273 e. The number of amides is 1. The quantitative estimate of drug-likeness (QED) is 0.660. The molecular formula is C8H13N5O.